The van der Waals surface area contributed by atoms with Gasteiger partial charge in [0.15, 0.2) is 5.79 Å². The molecule has 0 spiro atoms. The molecular weight excluding hydrogens is 152 g/mol. The van der Waals surface area contributed by atoms with E-state index >= 15 is 0 Å². The number of rotatable bonds is 3. The fourth-order valence-electron chi connectivity index (χ4n) is 1.20. The zero-order valence-electron chi connectivity index (χ0n) is 7.20. The van der Waals surface area contributed by atoms with Crippen molar-refractivity contribution in [1.29, 1.82) is 0 Å². The van der Waals surface area contributed by atoms with E-state index in [0.717, 1.165) is 6.42 Å². The van der Waals surface area contributed by atoms with Gasteiger partial charge in [0.2, 0.25) is 0 Å². The molecule has 0 unspecified atom stereocenters. The fraction of sp³-hybridized carbons (Fsp3) is 0.400. The van der Waals surface area contributed by atoms with Crippen LogP contribution in [0.2, 0.25) is 0 Å². The number of benzene rings is 1. The molecule has 0 saturated heterocycles. The molecule has 0 fully saturated rings. The van der Waals surface area contributed by atoms with Gasteiger partial charge in [-0.25, -0.2) is 0 Å². The summed E-state index contributed by atoms with van der Waals surface area (Å²) >= 11 is 0. The zero-order chi connectivity index (χ0) is 9.03. The minimum absolute atomic E-state index is 0.372. The molecule has 1 rings (SSSR count). The molecule has 0 atom stereocenters. The summed E-state index contributed by atoms with van der Waals surface area (Å²) in [7, 11) is 0. The SMILES string of the molecule is CCCC(O)(O)c1ccccc1. The van der Waals surface area contributed by atoms with Crippen LogP contribution in [0.5, 0.6) is 0 Å². The first-order valence-corrected chi connectivity index (χ1v) is 4.17. The van der Waals surface area contributed by atoms with Crippen LogP contribution >= 0.6 is 0 Å². The summed E-state index contributed by atoms with van der Waals surface area (Å²) < 4.78 is 0. The lowest BCUT2D eigenvalue weighted by atomic mass is 10.0. The molecule has 0 saturated carbocycles. The molecular formula is C10H14O2. The smallest absolute Gasteiger partial charge is 0.189 e. The summed E-state index contributed by atoms with van der Waals surface area (Å²) in [6, 6.07) is 8.88. The van der Waals surface area contributed by atoms with Crippen molar-refractivity contribution >= 4 is 0 Å². The Balaban J connectivity index is 2.82. The van der Waals surface area contributed by atoms with Gasteiger partial charge < -0.3 is 10.2 Å². The summed E-state index contributed by atoms with van der Waals surface area (Å²) in [5.74, 6) is -1.66. The lowest BCUT2D eigenvalue weighted by Crippen LogP contribution is -2.24. The highest BCUT2D eigenvalue weighted by Crippen LogP contribution is 2.22. The topological polar surface area (TPSA) is 40.5 Å². The molecule has 0 heterocycles. The maximum Gasteiger partial charge on any atom is 0.189 e. The Kier molecular flexibility index (Phi) is 2.84. The van der Waals surface area contributed by atoms with Gasteiger partial charge in [0.25, 0.3) is 0 Å². The minimum atomic E-state index is -1.66. The average molecular weight is 166 g/mol. The fourth-order valence-corrected chi connectivity index (χ4v) is 1.20. The van der Waals surface area contributed by atoms with Gasteiger partial charge >= 0.3 is 0 Å². The van der Waals surface area contributed by atoms with E-state index in [9.17, 15) is 10.2 Å². The number of hydrogen-bond acceptors (Lipinski definition) is 2. The maximum absolute atomic E-state index is 9.54. The van der Waals surface area contributed by atoms with Crippen molar-refractivity contribution in [3.8, 4) is 0 Å². The second-order valence-corrected chi connectivity index (χ2v) is 2.93. The third-order valence-electron chi connectivity index (χ3n) is 1.83. The first-order chi connectivity index (χ1) is 5.67. The van der Waals surface area contributed by atoms with Gasteiger partial charge in [0, 0.05) is 12.0 Å². The van der Waals surface area contributed by atoms with E-state index in [1.807, 2.05) is 13.0 Å². The summed E-state index contributed by atoms with van der Waals surface area (Å²) in [6.07, 6.45) is 1.12. The molecule has 2 heteroatoms. The predicted octanol–water partition coefficient (Wildman–Crippen LogP) is 1.62. The van der Waals surface area contributed by atoms with Crippen LogP contribution in [0.3, 0.4) is 0 Å². The van der Waals surface area contributed by atoms with Crippen LogP contribution in [-0.2, 0) is 5.79 Å². The van der Waals surface area contributed by atoms with Crippen molar-refractivity contribution in [2.45, 2.75) is 25.6 Å². The Morgan fingerprint density at radius 2 is 1.75 bits per heavy atom. The number of hydrogen-bond donors (Lipinski definition) is 2. The molecule has 0 aliphatic heterocycles. The molecule has 2 N–H and O–H groups in total. The van der Waals surface area contributed by atoms with Gasteiger partial charge in [-0.05, 0) is 0 Å². The molecule has 2 nitrogen and oxygen atoms in total. The van der Waals surface area contributed by atoms with Gasteiger partial charge in [-0.2, -0.15) is 0 Å². The molecule has 66 valence electrons. The Hall–Kier alpha value is -0.860. The number of aliphatic hydroxyl groups is 2. The van der Waals surface area contributed by atoms with Crippen LogP contribution in [0.25, 0.3) is 0 Å². The second-order valence-electron chi connectivity index (χ2n) is 2.93. The van der Waals surface area contributed by atoms with E-state index in [4.69, 9.17) is 0 Å². The average Bonchev–Trinajstić information content (AvgIpc) is 2.06. The van der Waals surface area contributed by atoms with E-state index < -0.39 is 5.79 Å². The van der Waals surface area contributed by atoms with Gasteiger partial charge in [0.05, 0.1) is 0 Å². The van der Waals surface area contributed by atoms with Crippen LogP contribution in [0, 0.1) is 0 Å². The van der Waals surface area contributed by atoms with Crippen molar-refractivity contribution in [3.63, 3.8) is 0 Å². The lowest BCUT2D eigenvalue weighted by molar-refractivity contribution is -0.174. The Labute approximate surface area is 72.5 Å². The summed E-state index contributed by atoms with van der Waals surface area (Å²) in [4.78, 5) is 0. The van der Waals surface area contributed by atoms with Crippen LogP contribution in [0.4, 0.5) is 0 Å². The molecule has 0 aliphatic carbocycles. The minimum Gasteiger partial charge on any atom is -0.362 e. The van der Waals surface area contributed by atoms with Crippen LogP contribution < -0.4 is 0 Å². The van der Waals surface area contributed by atoms with Crippen molar-refractivity contribution in [3.05, 3.63) is 35.9 Å². The Bertz CT molecular complexity index is 229. The van der Waals surface area contributed by atoms with E-state index in [2.05, 4.69) is 0 Å². The van der Waals surface area contributed by atoms with Crippen molar-refractivity contribution in [2.75, 3.05) is 0 Å². The molecule has 0 bridgehead atoms. The molecule has 0 aromatic heterocycles. The normalized spacial score (nSPS) is 11.6. The maximum atomic E-state index is 9.54. The van der Waals surface area contributed by atoms with Gasteiger partial charge in [-0.15, -0.1) is 0 Å². The van der Waals surface area contributed by atoms with Gasteiger partial charge in [-0.1, -0.05) is 43.7 Å². The Morgan fingerprint density at radius 3 is 2.25 bits per heavy atom. The summed E-state index contributed by atoms with van der Waals surface area (Å²) in [6.45, 7) is 1.92. The quantitative estimate of drug-likeness (QED) is 0.670. The summed E-state index contributed by atoms with van der Waals surface area (Å²) in [5, 5.41) is 19.1. The van der Waals surface area contributed by atoms with E-state index in [1.54, 1.807) is 24.3 Å². The third kappa shape index (κ3) is 2.06. The molecule has 0 aliphatic rings. The van der Waals surface area contributed by atoms with Crippen LogP contribution in [0.1, 0.15) is 25.3 Å². The van der Waals surface area contributed by atoms with Crippen LogP contribution in [-0.4, -0.2) is 10.2 Å². The highest BCUT2D eigenvalue weighted by atomic mass is 16.5. The Morgan fingerprint density at radius 1 is 1.17 bits per heavy atom. The molecule has 0 amide bonds. The van der Waals surface area contributed by atoms with Crippen molar-refractivity contribution in [1.82, 2.24) is 0 Å². The third-order valence-corrected chi connectivity index (χ3v) is 1.83. The molecule has 1 aromatic rings. The van der Waals surface area contributed by atoms with Crippen LogP contribution in [0.15, 0.2) is 30.3 Å². The van der Waals surface area contributed by atoms with E-state index in [1.165, 1.54) is 0 Å². The predicted molar refractivity (Wildman–Crippen MR) is 47.5 cm³/mol. The zero-order valence-corrected chi connectivity index (χ0v) is 7.20. The monoisotopic (exact) mass is 166 g/mol. The first kappa shape index (κ1) is 9.23. The lowest BCUT2D eigenvalue weighted by Gasteiger charge is -2.21. The highest BCUT2D eigenvalue weighted by molar-refractivity contribution is 5.19. The van der Waals surface area contributed by atoms with Gasteiger partial charge in [-0.3, -0.25) is 0 Å². The molecule has 12 heavy (non-hydrogen) atoms. The molecule has 1 aromatic carbocycles. The van der Waals surface area contributed by atoms with E-state index in [-0.39, 0.29) is 0 Å². The largest absolute Gasteiger partial charge is 0.362 e. The van der Waals surface area contributed by atoms with Crippen molar-refractivity contribution < 1.29 is 10.2 Å². The van der Waals surface area contributed by atoms with Gasteiger partial charge in [0.1, 0.15) is 0 Å². The molecule has 0 radical (unpaired) electrons. The highest BCUT2D eigenvalue weighted by Gasteiger charge is 2.23. The first-order valence-electron chi connectivity index (χ1n) is 4.17. The second kappa shape index (κ2) is 3.70. The summed E-state index contributed by atoms with van der Waals surface area (Å²) in [5.41, 5.74) is 0.562. The standard InChI is InChI=1S/C10H14O2/c1-2-8-10(11,12)9-6-4-3-5-7-9/h3-7,11-12H,2,8H2,1H3. The van der Waals surface area contributed by atoms with Crippen molar-refractivity contribution in [2.24, 2.45) is 0 Å². The van der Waals surface area contributed by atoms with E-state index in [0.29, 0.717) is 12.0 Å².